The van der Waals surface area contributed by atoms with E-state index >= 15 is 0 Å². The second-order valence-electron chi connectivity index (χ2n) is 1.50. The van der Waals surface area contributed by atoms with Crippen LogP contribution in [0, 0.1) is 0 Å². The molecule has 4 N–H and O–H groups in total. The van der Waals surface area contributed by atoms with E-state index in [1.807, 2.05) is 0 Å². The lowest BCUT2D eigenvalue weighted by Gasteiger charge is -1.98. The van der Waals surface area contributed by atoms with E-state index in [2.05, 4.69) is 6.58 Å². The Morgan fingerprint density at radius 1 is 1.62 bits per heavy atom. The van der Waals surface area contributed by atoms with Gasteiger partial charge in [-0.3, -0.25) is 0 Å². The van der Waals surface area contributed by atoms with E-state index in [4.69, 9.17) is 16.2 Å². The van der Waals surface area contributed by atoms with Gasteiger partial charge in [-0.05, 0) is 0 Å². The molecule has 3 nitrogen and oxygen atoms in total. The molecule has 48 valence electrons. The molecule has 0 aliphatic rings. The van der Waals surface area contributed by atoms with Gasteiger partial charge in [-0.25, -0.2) is 0 Å². The zero-order chi connectivity index (χ0) is 6.41. The first-order valence-electron chi connectivity index (χ1n) is 2.48. The lowest BCUT2D eigenvalue weighted by molar-refractivity contribution is 0.163. The van der Waals surface area contributed by atoms with Crippen molar-refractivity contribution in [3.63, 3.8) is 0 Å². The van der Waals surface area contributed by atoms with Gasteiger partial charge in [0.25, 0.3) is 0 Å². The van der Waals surface area contributed by atoms with Crippen molar-refractivity contribution in [2.24, 2.45) is 11.5 Å². The summed E-state index contributed by atoms with van der Waals surface area (Å²) in [6, 6.07) is 0. The Labute approximate surface area is 49.3 Å². The first kappa shape index (κ1) is 7.46. The van der Waals surface area contributed by atoms with Gasteiger partial charge in [0.15, 0.2) is 0 Å². The minimum Gasteiger partial charge on any atom is -0.401 e. The maximum Gasteiger partial charge on any atom is 0.0854 e. The fraction of sp³-hybridized carbons (Fsp3) is 0.600. The third-order valence-electron chi connectivity index (χ3n) is 0.550. The molecule has 0 rings (SSSR count). The van der Waals surface area contributed by atoms with Gasteiger partial charge in [0.1, 0.15) is 0 Å². The quantitative estimate of drug-likeness (QED) is 0.484. The molecule has 0 saturated carbocycles. The molecule has 0 radical (unpaired) electrons. The second-order valence-corrected chi connectivity index (χ2v) is 1.50. The highest BCUT2D eigenvalue weighted by Crippen LogP contribution is 1.77. The van der Waals surface area contributed by atoms with Crippen molar-refractivity contribution in [2.75, 3.05) is 19.8 Å². The van der Waals surface area contributed by atoms with E-state index < -0.39 is 0 Å². The monoisotopic (exact) mass is 116 g/mol. The van der Waals surface area contributed by atoms with Crippen LogP contribution in [-0.2, 0) is 4.74 Å². The summed E-state index contributed by atoms with van der Waals surface area (Å²) in [5.41, 5.74) is 10.8. The van der Waals surface area contributed by atoms with Crippen LogP contribution in [0.25, 0.3) is 0 Å². The topological polar surface area (TPSA) is 61.3 Å². The summed E-state index contributed by atoms with van der Waals surface area (Å²) < 4.78 is 4.89. The summed E-state index contributed by atoms with van der Waals surface area (Å²) in [7, 11) is 0. The maximum absolute atomic E-state index is 5.17. The van der Waals surface area contributed by atoms with E-state index in [0.717, 1.165) is 0 Å². The Morgan fingerprint density at radius 3 is 2.62 bits per heavy atom. The molecule has 3 heteroatoms. The maximum atomic E-state index is 5.17. The van der Waals surface area contributed by atoms with Crippen molar-refractivity contribution in [1.29, 1.82) is 0 Å². The highest BCUT2D eigenvalue weighted by Gasteiger charge is 1.83. The molecule has 0 aliphatic heterocycles. The van der Waals surface area contributed by atoms with Gasteiger partial charge < -0.3 is 16.2 Å². The van der Waals surface area contributed by atoms with E-state index in [-0.39, 0.29) is 0 Å². The summed E-state index contributed by atoms with van der Waals surface area (Å²) in [5.74, 6) is 0. The van der Waals surface area contributed by atoms with Crippen LogP contribution in [0.15, 0.2) is 12.3 Å². The number of nitrogens with two attached hydrogens (primary N) is 2. The van der Waals surface area contributed by atoms with Crippen LogP contribution in [0.4, 0.5) is 0 Å². The average Bonchev–Trinajstić information content (AvgIpc) is 1.66. The summed E-state index contributed by atoms with van der Waals surface area (Å²) in [4.78, 5) is 0. The summed E-state index contributed by atoms with van der Waals surface area (Å²) >= 11 is 0. The molecule has 0 atom stereocenters. The third kappa shape index (κ3) is 5.46. The SMILES string of the molecule is C=C(N)COCCN. The van der Waals surface area contributed by atoms with Crippen molar-refractivity contribution in [2.45, 2.75) is 0 Å². The van der Waals surface area contributed by atoms with Gasteiger partial charge >= 0.3 is 0 Å². The number of rotatable bonds is 4. The minimum atomic E-state index is 0.414. The van der Waals surface area contributed by atoms with Gasteiger partial charge in [-0.15, -0.1) is 0 Å². The number of hydrogen-bond donors (Lipinski definition) is 2. The van der Waals surface area contributed by atoms with Crippen molar-refractivity contribution in [3.8, 4) is 0 Å². The number of hydrogen-bond acceptors (Lipinski definition) is 3. The molecular weight excluding hydrogens is 104 g/mol. The Kier molecular flexibility index (Phi) is 4.30. The van der Waals surface area contributed by atoms with Crippen LogP contribution in [0.1, 0.15) is 0 Å². The van der Waals surface area contributed by atoms with Crippen molar-refractivity contribution in [3.05, 3.63) is 12.3 Å². The lowest BCUT2D eigenvalue weighted by Crippen LogP contribution is -2.12. The van der Waals surface area contributed by atoms with E-state index in [1.165, 1.54) is 0 Å². The Morgan fingerprint density at radius 2 is 2.25 bits per heavy atom. The van der Waals surface area contributed by atoms with E-state index in [1.54, 1.807) is 0 Å². The smallest absolute Gasteiger partial charge is 0.0854 e. The normalized spacial score (nSPS) is 9.12. The molecule has 0 fully saturated rings. The molecule has 0 aromatic rings. The molecular formula is C5H12N2O. The lowest BCUT2D eigenvalue weighted by atomic mass is 10.5. The predicted molar refractivity (Wildman–Crippen MR) is 33.2 cm³/mol. The van der Waals surface area contributed by atoms with Gasteiger partial charge in [-0.2, -0.15) is 0 Å². The Balaban J connectivity index is 2.82. The largest absolute Gasteiger partial charge is 0.401 e. The highest BCUT2D eigenvalue weighted by molar-refractivity contribution is 4.84. The Hall–Kier alpha value is -0.540. The van der Waals surface area contributed by atoms with Gasteiger partial charge in [-0.1, -0.05) is 6.58 Å². The molecule has 0 saturated heterocycles. The summed E-state index contributed by atoms with van der Waals surface area (Å²) in [5, 5.41) is 0. The summed E-state index contributed by atoms with van der Waals surface area (Å²) in [6.07, 6.45) is 0. The van der Waals surface area contributed by atoms with Crippen molar-refractivity contribution in [1.82, 2.24) is 0 Å². The van der Waals surface area contributed by atoms with Gasteiger partial charge in [0.05, 0.1) is 13.2 Å². The molecule has 0 heterocycles. The minimum absolute atomic E-state index is 0.414. The third-order valence-corrected chi connectivity index (χ3v) is 0.550. The van der Waals surface area contributed by atoms with E-state index in [0.29, 0.717) is 25.5 Å². The van der Waals surface area contributed by atoms with E-state index in [9.17, 15) is 0 Å². The standard InChI is InChI=1S/C5H12N2O/c1-5(7)4-8-3-2-6/h1-4,6-7H2. The highest BCUT2D eigenvalue weighted by atomic mass is 16.5. The number of ether oxygens (including phenoxy) is 1. The molecule has 0 spiro atoms. The van der Waals surface area contributed by atoms with Gasteiger partial charge in [0, 0.05) is 12.2 Å². The summed E-state index contributed by atoms with van der Waals surface area (Å²) in [6.45, 7) is 4.94. The van der Waals surface area contributed by atoms with Crippen molar-refractivity contribution >= 4 is 0 Å². The molecule has 0 unspecified atom stereocenters. The first-order valence-corrected chi connectivity index (χ1v) is 2.48. The molecule has 0 aromatic carbocycles. The molecule has 0 aromatic heterocycles. The Bertz CT molecular complexity index is 72.8. The van der Waals surface area contributed by atoms with Crippen LogP contribution >= 0.6 is 0 Å². The molecule has 0 aliphatic carbocycles. The predicted octanol–water partition coefficient (Wildman–Crippen LogP) is -0.566. The zero-order valence-corrected chi connectivity index (χ0v) is 4.89. The molecule has 0 bridgehead atoms. The van der Waals surface area contributed by atoms with Crippen LogP contribution < -0.4 is 11.5 Å². The molecule has 8 heavy (non-hydrogen) atoms. The average molecular weight is 116 g/mol. The first-order chi connectivity index (χ1) is 3.77. The van der Waals surface area contributed by atoms with Crippen LogP contribution in [0.3, 0.4) is 0 Å². The van der Waals surface area contributed by atoms with Crippen molar-refractivity contribution < 1.29 is 4.74 Å². The fourth-order valence-electron chi connectivity index (χ4n) is 0.287. The van der Waals surface area contributed by atoms with Crippen LogP contribution in [0.5, 0.6) is 0 Å². The second kappa shape index (κ2) is 4.61. The fourth-order valence-corrected chi connectivity index (χ4v) is 0.287. The van der Waals surface area contributed by atoms with Gasteiger partial charge in [0.2, 0.25) is 0 Å². The zero-order valence-electron chi connectivity index (χ0n) is 4.89. The van der Waals surface area contributed by atoms with Crippen LogP contribution in [-0.4, -0.2) is 19.8 Å². The molecule has 0 amide bonds. The van der Waals surface area contributed by atoms with Crippen LogP contribution in [0.2, 0.25) is 0 Å².